The van der Waals surface area contributed by atoms with Crippen molar-refractivity contribution in [1.82, 2.24) is 0 Å². The summed E-state index contributed by atoms with van der Waals surface area (Å²) in [6.45, 7) is 0. The molecule has 3 aromatic rings. The van der Waals surface area contributed by atoms with Gasteiger partial charge >= 0.3 is 0 Å². The van der Waals surface area contributed by atoms with Crippen LogP contribution in [-0.2, 0) is 4.79 Å². The van der Waals surface area contributed by atoms with Gasteiger partial charge in [-0.25, -0.2) is 4.39 Å². The quantitative estimate of drug-likeness (QED) is 0.682. The molecule has 0 bridgehead atoms. The number of para-hydroxylation sites is 2. The zero-order valence-electron chi connectivity index (χ0n) is 14.3. The molecule has 3 aromatic carbocycles. The fraction of sp³-hybridized carbons (Fsp3) is 0.0952. The third-order valence-electron chi connectivity index (χ3n) is 3.91. The lowest BCUT2D eigenvalue weighted by atomic mass is 10.1. The van der Waals surface area contributed by atoms with Gasteiger partial charge in [0.1, 0.15) is 17.6 Å². The fourth-order valence-electron chi connectivity index (χ4n) is 2.61. The first-order chi connectivity index (χ1) is 12.7. The Morgan fingerprint density at radius 2 is 1.58 bits per heavy atom. The molecule has 0 saturated heterocycles. The highest BCUT2D eigenvalue weighted by atomic mass is 19.1. The summed E-state index contributed by atoms with van der Waals surface area (Å²) in [4.78, 5) is 12.9. The average molecular weight is 350 g/mol. The summed E-state index contributed by atoms with van der Waals surface area (Å²) in [5, 5.41) is 6.05. The van der Waals surface area contributed by atoms with Crippen molar-refractivity contribution < 1.29 is 13.9 Å². The van der Waals surface area contributed by atoms with Crippen molar-refractivity contribution in [2.75, 3.05) is 17.7 Å². The average Bonchev–Trinajstić information content (AvgIpc) is 2.68. The van der Waals surface area contributed by atoms with Gasteiger partial charge in [-0.2, -0.15) is 0 Å². The third-order valence-corrected chi connectivity index (χ3v) is 3.91. The first-order valence-electron chi connectivity index (χ1n) is 8.18. The van der Waals surface area contributed by atoms with Crippen LogP contribution in [0.4, 0.5) is 15.8 Å². The van der Waals surface area contributed by atoms with Gasteiger partial charge in [-0.1, -0.05) is 42.5 Å². The highest BCUT2D eigenvalue weighted by Crippen LogP contribution is 2.28. The maximum absolute atomic E-state index is 13.1. The zero-order valence-corrected chi connectivity index (χ0v) is 14.3. The molecule has 0 spiro atoms. The standard InChI is InChI=1S/C21H19FN2O2/c1-26-19-10-6-5-9-18(19)24-20(15-7-3-2-4-8-15)21(25)23-17-13-11-16(22)12-14-17/h2-14,20,24H,1H3,(H,23,25)/t20-/m1/s1. The van der Waals surface area contributed by atoms with Crippen LogP contribution in [-0.4, -0.2) is 13.0 Å². The predicted octanol–water partition coefficient (Wildman–Crippen LogP) is 4.63. The largest absolute Gasteiger partial charge is 0.495 e. The third kappa shape index (κ3) is 4.19. The first kappa shape index (κ1) is 17.5. The van der Waals surface area contributed by atoms with Crippen molar-refractivity contribution in [3.05, 3.63) is 90.2 Å². The Kier molecular flexibility index (Phi) is 5.49. The summed E-state index contributed by atoms with van der Waals surface area (Å²) in [5.74, 6) is 0.0338. The minimum atomic E-state index is -0.641. The molecular formula is C21H19FN2O2. The van der Waals surface area contributed by atoms with E-state index in [9.17, 15) is 9.18 Å². The monoisotopic (exact) mass is 350 g/mol. The van der Waals surface area contributed by atoms with Crippen LogP contribution in [0.3, 0.4) is 0 Å². The van der Waals surface area contributed by atoms with Crippen LogP contribution < -0.4 is 15.4 Å². The van der Waals surface area contributed by atoms with E-state index >= 15 is 0 Å². The van der Waals surface area contributed by atoms with Crippen LogP contribution in [0.25, 0.3) is 0 Å². The lowest BCUT2D eigenvalue weighted by Gasteiger charge is -2.21. The molecule has 0 aliphatic rings. The minimum absolute atomic E-state index is 0.256. The lowest BCUT2D eigenvalue weighted by Crippen LogP contribution is -2.27. The van der Waals surface area contributed by atoms with Gasteiger partial charge < -0.3 is 15.4 Å². The van der Waals surface area contributed by atoms with Crippen molar-refractivity contribution in [1.29, 1.82) is 0 Å². The number of carbonyl (C=O) groups is 1. The molecule has 2 N–H and O–H groups in total. The van der Waals surface area contributed by atoms with Crippen molar-refractivity contribution in [2.45, 2.75) is 6.04 Å². The van der Waals surface area contributed by atoms with Crippen molar-refractivity contribution in [3.63, 3.8) is 0 Å². The molecule has 132 valence electrons. The van der Waals surface area contributed by atoms with E-state index in [4.69, 9.17) is 4.74 Å². The summed E-state index contributed by atoms with van der Waals surface area (Å²) in [6.07, 6.45) is 0. The highest BCUT2D eigenvalue weighted by Gasteiger charge is 2.21. The number of hydrogen-bond donors (Lipinski definition) is 2. The number of carbonyl (C=O) groups excluding carboxylic acids is 1. The zero-order chi connectivity index (χ0) is 18.4. The molecule has 0 heterocycles. The second kappa shape index (κ2) is 8.16. The normalized spacial score (nSPS) is 11.5. The first-order valence-corrected chi connectivity index (χ1v) is 8.18. The van der Waals surface area contributed by atoms with Gasteiger partial charge in [-0.05, 0) is 42.0 Å². The Hall–Kier alpha value is -3.34. The number of benzene rings is 3. The van der Waals surface area contributed by atoms with Crippen molar-refractivity contribution >= 4 is 17.3 Å². The van der Waals surface area contributed by atoms with E-state index in [0.29, 0.717) is 17.1 Å². The molecule has 0 saturated carbocycles. The topological polar surface area (TPSA) is 50.4 Å². The molecular weight excluding hydrogens is 331 g/mol. The number of methoxy groups -OCH3 is 1. The Labute approximate surface area is 151 Å². The molecule has 3 rings (SSSR count). The van der Waals surface area contributed by atoms with Gasteiger partial charge in [-0.15, -0.1) is 0 Å². The van der Waals surface area contributed by atoms with Crippen molar-refractivity contribution in [2.24, 2.45) is 0 Å². The van der Waals surface area contributed by atoms with Gasteiger partial charge in [0, 0.05) is 5.69 Å². The molecule has 26 heavy (non-hydrogen) atoms. The van der Waals surface area contributed by atoms with E-state index < -0.39 is 6.04 Å². The number of nitrogens with one attached hydrogen (secondary N) is 2. The molecule has 5 heteroatoms. The Balaban J connectivity index is 1.88. The lowest BCUT2D eigenvalue weighted by molar-refractivity contribution is -0.117. The van der Waals surface area contributed by atoms with Crippen LogP contribution in [0.1, 0.15) is 11.6 Å². The van der Waals surface area contributed by atoms with Crippen LogP contribution in [0.15, 0.2) is 78.9 Å². The van der Waals surface area contributed by atoms with E-state index in [2.05, 4.69) is 10.6 Å². The second-order valence-electron chi connectivity index (χ2n) is 5.68. The number of rotatable bonds is 6. The summed E-state index contributed by atoms with van der Waals surface area (Å²) in [6, 6.07) is 21.8. The van der Waals surface area contributed by atoms with Crippen LogP contribution in [0.5, 0.6) is 5.75 Å². The van der Waals surface area contributed by atoms with Gasteiger partial charge in [0.25, 0.3) is 5.91 Å². The molecule has 4 nitrogen and oxygen atoms in total. The van der Waals surface area contributed by atoms with Crippen LogP contribution in [0.2, 0.25) is 0 Å². The Morgan fingerprint density at radius 1 is 0.923 bits per heavy atom. The Bertz CT molecular complexity index is 867. The van der Waals surface area contributed by atoms with Gasteiger partial charge in [0.05, 0.1) is 12.8 Å². The molecule has 0 aromatic heterocycles. The number of anilines is 2. The predicted molar refractivity (Wildman–Crippen MR) is 101 cm³/mol. The number of halogens is 1. The van der Waals surface area contributed by atoms with Crippen LogP contribution >= 0.6 is 0 Å². The van der Waals surface area contributed by atoms with Gasteiger partial charge in [-0.3, -0.25) is 4.79 Å². The van der Waals surface area contributed by atoms with Crippen LogP contribution in [0, 0.1) is 5.82 Å². The molecule has 0 aliphatic heterocycles. The van der Waals surface area contributed by atoms with E-state index in [0.717, 1.165) is 5.56 Å². The second-order valence-corrected chi connectivity index (χ2v) is 5.68. The van der Waals surface area contributed by atoms with E-state index in [1.807, 2.05) is 54.6 Å². The maximum Gasteiger partial charge on any atom is 0.251 e. The SMILES string of the molecule is COc1ccccc1N[C@@H](C(=O)Nc1ccc(F)cc1)c1ccccc1. The molecule has 0 radical (unpaired) electrons. The maximum atomic E-state index is 13.1. The molecule has 0 fully saturated rings. The number of hydrogen-bond acceptors (Lipinski definition) is 3. The molecule has 1 atom stereocenters. The number of ether oxygens (including phenoxy) is 1. The molecule has 1 amide bonds. The summed E-state index contributed by atoms with van der Waals surface area (Å²) < 4.78 is 18.4. The van der Waals surface area contributed by atoms with Gasteiger partial charge in [0.15, 0.2) is 0 Å². The van der Waals surface area contributed by atoms with Gasteiger partial charge in [0.2, 0.25) is 0 Å². The van der Waals surface area contributed by atoms with E-state index in [-0.39, 0.29) is 11.7 Å². The summed E-state index contributed by atoms with van der Waals surface area (Å²) >= 11 is 0. The Morgan fingerprint density at radius 3 is 2.27 bits per heavy atom. The smallest absolute Gasteiger partial charge is 0.251 e. The molecule has 0 unspecified atom stereocenters. The minimum Gasteiger partial charge on any atom is -0.495 e. The fourth-order valence-corrected chi connectivity index (χ4v) is 2.61. The summed E-state index contributed by atoms with van der Waals surface area (Å²) in [5.41, 5.74) is 2.04. The summed E-state index contributed by atoms with van der Waals surface area (Å²) in [7, 11) is 1.58. The van der Waals surface area contributed by atoms with E-state index in [1.165, 1.54) is 24.3 Å². The molecule has 0 aliphatic carbocycles. The van der Waals surface area contributed by atoms with E-state index in [1.54, 1.807) is 7.11 Å². The van der Waals surface area contributed by atoms with Crippen molar-refractivity contribution in [3.8, 4) is 5.75 Å². The number of amides is 1. The highest BCUT2D eigenvalue weighted by molar-refractivity contribution is 5.97.